The van der Waals surface area contributed by atoms with Crippen LogP contribution in [0.25, 0.3) is 0 Å². The van der Waals surface area contributed by atoms with E-state index in [1.165, 1.54) is 11.1 Å². The minimum absolute atomic E-state index is 0.0839. The number of carboxylic acids is 1. The predicted molar refractivity (Wildman–Crippen MR) is 99.7 cm³/mol. The summed E-state index contributed by atoms with van der Waals surface area (Å²) in [5.74, 6) is -2.45. The molecular weight excluding hydrogens is 409 g/mol. The first-order valence-corrected chi connectivity index (χ1v) is 10.0. The molecule has 0 aromatic heterocycles. The molecule has 11 nitrogen and oxygen atoms in total. The first-order chi connectivity index (χ1) is 13.7. The molecule has 4 unspecified atom stereocenters. The van der Waals surface area contributed by atoms with Gasteiger partial charge in [-0.3, -0.25) is 9.59 Å². The number of esters is 2. The van der Waals surface area contributed by atoms with Crippen LogP contribution in [-0.4, -0.2) is 68.8 Å². The number of ether oxygens (including phenoxy) is 3. The van der Waals surface area contributed by atoms with Gasteiger partial charge >= 0.3 is 26.5 Å². The largest absolute Gasteiger partial charge is 0.478 e. The maximum Gasteiger partial charge on any atom is 0.333 e. The third-order valence-corrected chi connectivity index (χ3v) is 4.11. The number of aliphatic carboxylic acids is 1. The number of allylic oxidation sites excluding steroid dienone is 1. The van der Waals surface area contributed by atoms with E-state index < -0.39 is 51.1 Å². The first-order valence-electron chi connectivity index (χ1n) is 8.87. The van der Waals surface area contributed by atoms with Crippen molar-refractivity contribution in [3.8, 4) is 0 Å². The number of nitrogens with zero attached hydrogens (tertiary/aromatic N) is 1. The van der Waals surface area contributed by atoms with Crippen LogP contribution in [-0.2, 0) is 33.1 Å². The van der Waals surface area contributed by atoms with E-state index >= 15 is 0 Å². The zero-order valence-corrected chi connectivity index (χ0v) is 17.4. The van der Waals surface area contributed by atoms with E-state index in [0.29, 0.717) is 0 Å². The van der Waals surface area contributed by atoms with Crippen molar-refractivity contribution in [3.05, 3.63) is 24.0 Å². The number of hydrogen-bond acceptors (Lipinski definition) is 10. The summed E-state index contributed by atoms with van der Waals surface area (Å²) in [7, 11) is -2.68. The monoisotopic (exact) mass is 435 g/mol. The first kappa shape index (κ1) is 25.0. The number of rotatable bonds is 7. The molecule has 0 bridgehead atoms. The van der Waals surface area contributed by atoms with Gasteiger partial charge in [-0.2, -0.15) is 0 Å². The van der Waals surface area contributed by atoms with Crippen molar-refractivity contribution in [3.63, 3.8) is 0 Å². The zero-order chi connectivity index (χ0) is 22.1. The highest BCUT2D eigenvalue weighted by atomic mass is 31.2. The van der Waals surface area contributed by atoms with Crippen LogP contribution < -0.4 is 0 Å². The molecule has 2 rings (SSSR count). The van der Waals surface area contributed by atoms with Gasteiger partial charge in [0.25, 0.3) is 0 Å². The van der Waals surface area contributed by atoms with E-state index in [4.69, 9.17) is 28.5 Å². The number of carboxylic acid groups (broad SMARTS) is 1. The molecule has 29 heavy (non-hydrogen) atoms. The molecule has 12 heteroatoms. The molecule has 0 aromatic carbocycles. The summed E-state index contributed by atoms with van der Waals surface area (Å²) < 4.78 is 21.0. The smallest absolute Gasteiger partial charge is 0.333 e. The van der Waals surface area contributed by atoms with E-state index in [2.05, 4.69) is 0 Å². The summed E-state index contributed by atoms with van der Waals surface area (Å²) in [6.45, 7) is 5.97. The molecule has 164 valence electrons. The van der Waals surface area contributed by atoms with Gasteiger partial charge in [0.2, 0.25) is 0 Å². The van der Waals surface area contributed by atoms with Crippen LogP contribution in [0, 0.1) is 0 Å². The second kappa shape index (κ2) is 11.8. The Balaban J connectivity index is 0.00000204. The maximum atomic E-state index is 11.5. The van der Waals surface area contributed by atoms with Crippen LogP contribution in [0.3, 0.4) is 0 Å². The molecule has 0 spiro atoms. The predicted octanol–water partition coefficient (Wildman–Crippen LogP) is 1.02. The lowest BCUT2D eigenvalue weighted by Crippen LogP contribution is -2.44. The lowest BCUT2D eigenvalue weighted by molar-refractivity contribution is -0.166. The van der Waals surface area contributed by atoms with E-state index in [9.17, 15) is 19.5 Å². The van der Waals surface area contributed by atoms with Crippen LogP contribution >= 0.6 is 8.60 Å². The molecule has 0 saturated carbocycles. The minimum atomic E-state index is -2.68. The summed E-state index contributed by atoms with van der Waals surface area (Å²) in [6.07, 6.45) is 0.473. The summed E-state index contributed by atoms with van der Waals surface area (Å²) in [6, 6.07) is 0. The standard InChI is InChI=1S/C15H20NO10P.C2H6/c1-8(17)24-12-11(7-23-27(21)22)26-14(13(12)25-9(2)18)16-5-3-4-10(6-16)15(19)20;1-2/h3,5-6,11-14,21-22H,4,7H2,1-2H3,(H,19,20);1-2H3. The SMILES string of the molecule is CC.CC(=O)OC1C(COP(O)O)OC(N2C=CCC(C(=O)O)=C2)C1OC(C)=O. The highest BCUT2D eigenvalue weighted by molar-refractivity contribution is 7.39. The van der Waals surface area contributed by atoms with Crippen LogP contribution in [0.2, 0.25) is 0 Å². The topological polar surface area (TPSA) is 152 Å². The van der Waals surface area contributed by atoms with Gasteiger partial charge in [-0.05, 0) is 0 Å². The number of carbonyl (C=O) groups excluding carboxylic acids is 2. The fraction of sp³-hybridized carbons (Fsp3) is 0.588. The van der Waals surface area contributed by atoms with Crippen molar-refractivity contribution in [1.29, 1.82) is 0 Å². The van der Waals surface area contributed by atoms with Crippen molar-refractivity contribution in [2.45, 2.75) is 58.7 Å². The van der Waals surface area contributed by atoms with Crippen molar-refractivity contribution in [2.75, 3.05) is 6.61 Å². The van der Waals surface area contributed by atoms with Crippen LogP contribution in [0.15, 0.2) is 24.0 Å². The molecule has 0 aliphatic carbocycles. The minimum Gasteiger partial charge on any atom is -0.478 e. The van der Waals surface area contributed by atoms with Gasteiger partial charge in [0.05, 0.1) is 12.2 Å². The van der Waals surface area contributed by atoms with Crippen molar-refractivity contribution >= 4 is 26.5 Å². The molecule has 3 N–H and O–H groups in total. The van der Waals surface area contributed by atoms with Crippen molar-refractivity contribution in [1.82, 2.24) is 4.90 Å². The van der Waals surface area contributed by atoms with Crippen LogP contribution in [0.5, 0.6) is 0 Å². The normalized spacial score (nSPS) is 25.8. The summed E-state index contributed by atoms with van der Waals surface area (Å²) in [5.41, 5.74) is 0.0839. The summed E-state index contributed by atoms with van der Waals surface area (Å²) >= 11 is 0. The van der Waals surface area contributed by atoms with Gasteiger partial charge in [0, 0.05) is 32.7 Å². The van der Waals surface area contributed by atoms with Gasteiger partial charge in [-0.15, -0.1) is 0 Å². The molecule has 1 fully saturated rings. The second-order valence-electron chi connectivity index (χ2n) is 5.76. The molecule has 0 radical (unpaired) electrons. The third-order valence-electron chi connectivity index (χ3n) is 3.73. The number of hydrogen-bond donors (Lipinski definition) is 3. The highest BCUT2D eigenvalue weighted by Crippen LogP contribution is 2.34. The Labute approximate surface area is 169 Å². The van der Waals surface area contributed by atoms with Gasteiger partial charge in [0.1, 0.15) is 6.10 Å². The average molecular weight is 435 g/mol. The Kier molecular flexibility index (Phi) is 10.2. The Morgan fingerprint density at radius 3 is 2.28 bits per heavy atom. The van der Waals surface area contributed by atoms with E-state index in [0.717, 1.165) is 13.8 Å². The fourth-order valence-corrected chi connectivity index (χ4v) is 3.03. The molecule has 0 aromatic rings. The molecular formula is C17H26NO10P. The maximum absolute atomic E-state index is 11.5. The molecule has 0 amide bonds. The Morgan fingerprint density at radius 1 is 1.17 bits per heavy atom. The average Bonchev–Trinajstić information content (AvgIpc) is 2.98. The molecule has 1 saturated heterocycles. The van der Waals surface area contributed by atoms with Gasteiger partial charge in [-0.1, -0.05) is 19.9 Å². The van der Waals surface area contributed by atoms with Gasteiger partial charge in [0.15, 0.2) is 18.4 Å². The van der Waals surface area contributed by atoms with Crippen molar-refractivity contribution < 1.29 is 48.0 Å². The zero-order valence-electron chi connectivity index (χ0n) is 16.5. The van der Waals surface area contributed by atoms with E-state index in [-0.39, 0.29) is 18.6 Å². The fourth-order valence-electron chi connectivity index (χ4n) is 2.75. The van der Waals surface area contributed by atoms with E-state index in [1.54, 1.807) is 12.3 Å². The quantitative estimate of drug-likeness (QED) is 0.388. The lowest BCUT2D eigenvalue weighted by atomic mass is 10.1. The molecule has 2 aliphatic heterocycles. The second-order valence-corrected chi connectivity index (χ2v) is 6.52. The third kappa shape index (κ3) is 7.37. The Hall–Kier alpha value is -2.04. The van der Waals surface area contributed by atoms with E-state index in [1.807, 2.05) is 13.8 Å². The Bertz CT molecular complexity index is 650. The number of carbonyl (C=O) groups is 3. The molecule has 2 aliphatic rings. The van der Waals surface area contributed by atoms with Crippen molar-refractivity contribution in [2.24, 2.45) is 0 Å². The highest BCUT2D eigenvalue weighted by Gasteiger charge is 2.51. The summed E-state index contributed by atoms with van der Waals surface area (Å²) in [5, 5.41) is 9.18. The summed E-state index contributed by atoms with van der Waals surface area (Å²) in [4.78, 5) is 53.5. The van der Waals surface area contributed by atoms with Gasteiger partial charge < -0.3 is 38.5 Å². The lowest BCUT2D eigenvalue weighted by Gasteiger charge is -2.30. The molecule has 4 atom stereocenters. The van der Waals surface area contributed by atoms with Crippen LogP contribution in [0.1, 0.15) is 34.1 Å². The van der Waals surface area contributed by atoms with Crippen LogP contribution in [0.4, 0.5) is 0 Å². The van der Waals surface area contributed by atoms with Gasteiger partial charge in [-0.25, -0.2) is 4.79 Å². The Morgan fingerprint density at radius 2 is 1.76 bits per heavy atom. The molecule has 2 heterocycles.